The lowest BCUT2D eigenvalue weighted by atomic mass is 10.0. The zero-order chi connectivity index (χ0) is 24.7. The molecule has 1 aliphatic heterocycles. The molecule has 6 nitrogen and oxygen atoms in total. The van der Waals surface area contributed by atoms with Gasteiger partial charge >= 0.3 is 0 Å². The van der Waals surface area contributed by atoms with Gasteiger partial charge in [0.1, 0.15) is 0 Å². The lowest BCUT2D eigenvalue weighted by Gasteiger charge is -2.36. The number of hydrogen-bond donors (Lipinski definition) is 2. The molecule has 2 aromatic carbocycles. The van der Waals surface area contributed by atoms with Crippen LogP contribution in [-0.2, 0) is 9.59 Å². The van der Waals surface area contributed by atoms with Crippen molar-refractivity contribution in [2.24, 2.45) is 0 Å². The minimum atomic E-state index is -0.312. The molecule has 0 radical (unpaired) electrons. The SMILES string of the molecule is CCC(=O)N1CCN(c2ccc(NC(=S)NC(=O)/C=C/c3ccc(C(C)C)cc3)cc2Cl)CC1. The second kappa shape index (κ2) is 12.0. The molecule has 1 heterocycles. The first-order chi connectivity index (χ1) is 16.3. The van der Waals surface area contributed by atoms with E-state index in [-0.39, 0.29) is 16.9 Å². The molecule has 8 heteroatoms. The summed E-state index contributed by atoms with van der Waals surface area (Å²) in [6.45, 7) is 9.02. The average Bonchev–Trinajstić information content (AvgIpc) is 2.82. The second-order valence-electron chi connectivity index (χ2n) is 8.49. The maximum absolute atomic E-state index is 12.2. The van der Waals surface area contributed by atoms with E-state index in [1.54, 1.807) is 12.1 Å². The summed E-state index contributed by atoms with van der Waals surface area (Å²) in [7, 11) is 0. The lowest BCUT2D eigenvalue weighted by molar-refractivity contribution is -0.131. The Morgan fingerprint density at radius 3 is 2.35 bits per heavy atom. The van der Waals surface area contributed by atoms with Crippen LogP contribution in [0.25, 0.3) is 6.08 Å². The summed E-state index contributed by atoms with van der Waals surface area (Å²) >= 11 is 11.8. The van der Waals surface area contributed by atoms with Crippen molar-refractivity contribution in [1.82, 2.24) is 10.2 Å². The van der Waals surface area contributed by atoms with E-state index in [0.29, 0.717) is 36.1 Å². The third-order valence-electron chi connectivity index (χ3n) is 5.75. The zero-order valence-electron chi connectivity index (χ0n) is 19.8. The largest absolute Gasteiger partial charge is 0.367 e. The van der Waals surface area contributed by atoms with Crippen molar-refractivity contribution in [2.75, 3.05) is 36.4 Å². The van der Waals surface area contributed by atoms with E-state index < -0.39 is 0 Å². The van der Waals surface area contributed by atoms with Gasteiger partial charge in [-0.2, -0.15) is 0 Å². The Morgan fingerprint density at radius 1 is 1.09 bits per heavy atom. The van der Waals surface area contributed by atoms with E-state index in [0.717, 1.165) is 24.3 Å². The van der Waals surface area contributed by atoms with Crippen molar-refractivity contribution in [1.29, 1.82) is 0 Å². The van der Waals surface area contributed by atoms with Crippen LogP contribution in [0.1, 0.15) is 44.2 Å². The molecule has 2 aromatic rings. The predicted octanol–water partition coefficient (Wildman–Crippen LogP) is 5.05. The minimum Gasteiger partial charge on any atom is -0.367 e. The van der Waals surface area contributed by atoms with Crippen molar-refractivity contribution in [2.45, 2.75) is 33.1 Å². The molecule has 0 bridgehead atoms. The number of piperazine rings is 1. The summed E-state index contributed by atoms with van der Waals surface area (Å²) < 4.78 is 0. The van der Waals surface area contributed by atoms with E-state index in [9.17, 15) is 9.59 Å². The highest BCUT2D eigenvalue weighted by atomic mass is 35.5. The first kappa shape index (κ1) is 25.7. The molecule has 0 aliphatic carbocycles. The van der Waals surface area contributed by atoms with Gasteiger partial charge in [0, 0.05) is 44.4 Å². The molecule has 2 N–H and O–H groups in total. The van der Waals surface area contributed by atoms with Gasteiger partial charge < -0.3 is 15.1 Å². The molecule has 0 saturated carbocycles. The van der Waals surface area contributed by atoms with Crippen LogP contribution in [0, 0.1) is 0 Å². The molecule has 3 rings (SSSR count). The highest BCUT2D eigenvalue weighted by Gasteiger charge is 2.21. The van der Waals surface area contributed by atoms with Crippen molar-refractivity contribution < 1.29 is 9.59 Å². The summed E-state index contributed by atoms with van der Waals surface area (Å²) in [5.41, 5.74) is 3.80. The predicted molar refractivity (Wildman–Crippen MR) is 144 cm³/mol. The summed E-state index contributed by atoms with van der Waals surface area (Å²) in [6.07, 6.45) is 3.73. The number of nitrogens with zero attached hydrogens (tertiary/aromatic N) is 2. The summed E-state index contributed by atoms with van der Waals surface area (Å²) in [5, 5.41) is 6.43. The van der Waals surface area contributed by atoms with Crippen LogP contribution in [-0.4, -0.2) is 48.0 Å². The van der Waals surface area contributed by atoms with Gasteiger partial charge in [-0.15, -0.1) is 0 Å². The third-order valence-corrected chi connectivity index (χ3v) is 6.25. The molecule has 34 heavy (non-hydrogen) atoms. The monoisotopic (exact) mass is 498 g/mol. The number of carbonyl (C=O) groups is 2. The van der Waals surface area contributed by atoms with Gasteiger partial charge in [-0.05, 0) is 53.5 Å². The van der Waals surface area contributed by atoms with Crippen LogP contribution < -0.4 is 15.5 Å². The Morgan fingerprint density at radius 2 is 1.76 bits per heavy atom. The second-order valence-corrected chi connectivity index (χ2v) is 9.30. The van der Waals surface area contributed by atoms with Crippen molar-refractivity contribution >= 4 is 58.2 Å². The maximum atomic E-state index is 12.2. The molecule has 1 saturated heterocycles. The number of hydrogen-bond acceptors (Lipinski definition) is 4. The standard InChI is InChI=1S/C26H31ClN4O2S/c1-4-25(33)31-15-13-30(14-16-31)23-11-10-21(17-22(23)27)28-26(34)29-24(32)12-7-19-5-8-20(9-6-19)18(2)3/h5-12,17-18H,4,13-16H2,1-3H3,(H2,28,29,32,34)/b12-7+. The van der Waals surface area contributed by atoms with Crippen LogP contribution >= 0.6 is 23.8 Å². The van der Waals surface area contributed by atoms with Crippen LogP contribution in [0.5, 0.6) is 0 Å². The van der Waals surface area contributed by atoms with Crippen molar-refractivity contribution in [3.05, 3.63) is 64.7 Å². The molecule has 2 amide bonds. The fourth-order valence-electron chi connectivity index (χ4n) is 3.74. The highest BCUT2D eigenvalue weighted by Crippen LogP contribution is 2.29. The average molecular weight is 499 g/mol. The number of amides is 2. The topological polar surface area (TPSA) is 64.7 Å². The maximum Gasteiger partial charge on any atom is 0.250 e. The highest BCUT2D eigenvalue weighted by molar-refractivity contribution is 7.80. The summed E-state index contributed by atoms with van der Waals surface area (Å²) in [5.74, 6) is 0.335. The van der Waals surface area contributed by atoms with E-state index >= 15 is 0 Å². The quantitative estimate of drug-likeness (QED) is 0.431. The molecule has 0 aromatic heterocycles. The number of carbonyl (C=O) groups excluding carboxylic acids is 2. The Kier molecular flexibility index (Phi) is 9.07. The fourth-order valence-corrected chi connectivity index (χ4v) is 4.26. The van der Waals surface area contributed by atoms with Gasteiger partial charge in [0.15, 0.2) is 5.11 Å². The van der Waals surface area contributed by atoms with Gasteiger partial charge in [0.25, 0.3) is 0 Å². The molecule has 0 spiro atoms. The fraction of sp³-hybridized carbons (Fsp3) is 0.346. The normalized spacial score (nSPS) is 13.9. The molecule has 0 atom stereocenters. The summed E-state index contributed by atoms with van der Waals surface area (Å²) in [6, 6.07) is 13.7. The Hall–Kier alpha value is -2.90. The first-order valence-electron chi connectivity index (χ1n) is 11.5. The van der Waals surface area contributed by atoms with Gasteiger partial charge in [-0.3, -0.25) is 14.9 Å². The number of nitrogens with one attached hydrogen (secondary N) is 2. The number of benzene rings is 2. The molecular weight excluding hydrogens is 468 g/mol. The van der Waals surface area contributed by atoms with Crippen molar-refractivity contribution in [3.8, 4) is 0 Å². The van der Waals surface area contributed by atoms with Crippen LogP contribution in [0.2, 0.25) is 5.02 Å². The van der Waals surface area contributed by atoms with Gasteiger partial charge in [0.2, 0.25) is 11.8 Å². The number of halogens is 1. The number of rotatable bonds is 6. The van der Waals surface area contributed by atoms with E-state index in [1.807, 2.05) is 36.1 Å². The van der Waals surface area contributed by atoms with Gasteiger partial charge in [-0.25, -0.2) is 0 Å². The lowest BCUT2D eigenvalue weighted by Crippen LogP contribution is -2.48. The Labute approximate surface area is 212 Å². The molecular formula is C26H31ClN4O2S. The van der Waals surface area contributed by atoms with Crippen LogP contribution in [0.3, 0.4) is 0 Å². The zero-order valence-corrected chi connectivity index (χ0v) is 21.4. The molecule has 1 fully saturated rings. The third kappa shape index (κ3) is 7.05. The van der Waals surface area contributed by atoms with Crippen LogP contribution in [0.15, 0.2) is 48.5 Å². The molecule has 0 unspecified atom stereocenters. The van der Waals surface area contributed by atoms with Crippen LogP contribution in [0.4, 0.5) is 11.4 Å². The smallest absolute Gasteiger partial charge is 0.250 e. The summed E-state index contributed by atoms with van der Waals surface area (Å²) in [4.78, 5) is 28.2. The van der Waals surface area contributed by atoms with E-state index in [1.165, 1.54) is 11.6 Å². The van der Waals surface area contributed by atoms with E-state index in [4.69, 9.17) is 23.8 Å². The van der Waals surface area contributed by atoms with Gasteiger partial charge in [-0.1, -0.05) is 56.6 Å². The Bertz CT molecular complexity index is 1060. The molecule has 180 valence electrons. The molecule has 1 aliphatic rings. The minimum absolute atomic E-state index is 0.180. The van der Waals surface area contributed by atoms with Gasteiger partial charge in [0.05, 0.1) is 10.7 Å². The number of anilines is 2. The van der Waals surface area contributed by atoms with Crippen molar-refractivity contribution in [3.63, 3.8) is 0 Å². The number of thiocarbonyl (C=S) groups is 1. The van der Waals surface area contributed by atoms with E-state index in [2.05, 4.69) is 41.5 Å². The Balaban J connectivity index is 1.51. The first-order valence-corrected chi connectivity index (χ1v) is 12.3.